The molecule has 1 aliphatic carbocycles. The van der Waals surface area contributed by atoms with Crippen molar-refractivity contribution < 1.29 is 23.2 Å². The number of hydrogen-bond acceptors (Lipinski definition) is 5. The zero-order valence-corrected chi connectivity index (χ0v) is 21.4. The summed E-state index contributed by atoms with van der Waals surface area (Å²) in [5.41, 5.74) is 2.88. The first-order chi connectivity index (χ1) is 19.0. The van der Waals surface area contributed by atoms with Crippen molar-refractivity contribution in [3.8, 4) is 11.5 Å². The highest BCUT2D eigenvalue weighted by atomic mass is 19.1. The van der Waals surface area contributed by atoms with Crippen LogP contribution in [0.2, 0.25) is 0 Å². The van der Waals surface area contributed by atoms with Crippen LogP contribution in [0.3, 0.4) is 0 Å². The van der Waals surface area contributed by atoms with Crippen LogP contribution in [0.25, 0.3) is 22.6 Å². The Morgan fingerprint density at radius 2 is 1.59 bits per heavy atom. The fourth-order valence-electron chi connectivity index (χ4n) is 5.69. The van der Waals surface area contributed by atoms with E-state index in [0.29, 0.717) is 22.7 Å². The smallest absolute Gasteiger partial charge is 0.257 e. The number of imide groups is 1. The zero-order valence-electron chi connectivity index (χ0n) is 21.4. The van der Waals surface area contributed by atoms with Gasteiger partial charge in [0.25, 0.3) is 11.8 Å². The Bertz CT molecular complexity index is 1490. The van der Waals surface area contributed by atoms with Crippen LogP contribution in [0.5, 0.6) is 0 Å². The Labute approximate surface area is 225 Å². The maximum atomic E-state index is 13.8. The number of anilines is 1. The highest BCUT2D eigenvalue weighted by Gasteiger charge is 2.46. The third-order valence-electron chi connectivity index (χ3n) is 7.67. The van der Waals surface area contributed by atoms with E-state index in [1.54, 1.807) is 29.2 Å². The van der Waals surface area contributed by atoms with Gasteiger partial charge in [-0.05, 0) is 73.5 Å². The summed E-state index contributed by atoms with van der Waals surface area (Å²) >= 11 is 0. The number of aromatic nitrogens is 1. The van der Waals surface area contributed by atoms with E-state index in [1.807, 2.05) is 24.3 Å². The fourth-order valence-corrected chi connectivity index (χ4v) is 5.69. The summed E-state index contributed by atoms with van der Waals surface area (Å²) in [7, 11) is 0. The molecule has 1 saturated heterocycles. The molecule has 0 spiro atoms. The SMILES string of the molecule is O=C1CC(N(C(=O)c2ccc(F)cc2)C2CCCCCC2)C(=O)N1c1ccc(-c2nc3ccccc3o2)cc1. The third-order valence-corrected chi connectivity index (χ3v) is 7.67. The number of carbonyl (C=O) groups excluding carboxylic acids is 3. The van der Waals surface area contributed by atoms with Gasteiger partial charge in [0.05, 0.1) is 12.1 Å². The number of amides is 3. The Balaban J connectivity index is 1.28. The van der Waals surface area contributed by atoms with Crippen molar-refractivity contribution in [2.75, 3.05) is 4.90 Å². The average molecular weight is 526 g/mol. The van der Waals surface area contributed by atoms with E-state index in [1.165, 1.54) is 29.2 Å². The Hall–Kier alpha value is -4.33. The predicted molar refractivity (Wildman–Crippen MR) is 144 cm³/mol. The highest BCUT2D eigenvalue weighted by Crippen LogP contribution is 2.33. The second-order valence-corrected chi connectivity index (χ2v) is 10.2. The molecule has 2 aliphatic rings. The number of fused-ring (bicyclic) bond motifs is 1. The van der Waals surface area contributed by atoms with Gasteiger partial charge in [0.1, 0.15) is 17.4 Å². The van der Waals surface area contributed by atoms with Crippen LogP contribution < -0.4 is 4.90 Å². The molecule has 2 heterocycles. The van der Waals surface area contributed by atoms with Crippen molar-refractivity contribution in [1.29, 1.82) is 0 Å². The van der Waals surface area contributed by atoms with Crippen molar-refractivity contribution in [1.82, 2.24) is 9.88 Å². The van der Waals surface area contributed by atoms with Crippen molar-refractivity contribution in [2.24, 2.45) is 0 Å². The van der Waals surface area contributed by atoms with Crippen LogP contribution in [-0.2, 0) is 9.59 Å². The molecule has 7 nitrogen and oxygen atoms in total. The molecule has 1 unspecified atom stereocenters. The minimum atomic E-state index is -0.908. The summed E-state index contributed by atoms with van der Waals surface area (Å²) in [6, 6.07) is 18.7. The lowest BCUT2D eigenvalue weighted by molar-refractivity contribution is -0.123. The molecule has 3 amide bonds. The summed E-state index contributed by atoms with van der Waals surface area (Å²) in [4.78, 5) is 48.0. The van der Waals surface area contributed by atoms with Gasteiger partial charge in [-0.3, -0.25) is 14.4 Å². The maximum absolute atomic E-state index is 13.8. The molecule has 8 heteroatoms. The first kappa shape index (κ1) is 25.0. The number of benzene rings is 3. The Morgan fingerprint density at radius 1 is 0.897 bits per heavy atom. The van der Waals surface area contributed by atoms with Gasteiger partial charge in [-0.1, -0.05) is 37.8 Å². The molecule has 0 bridgehead atoms. The maximum Gasteiger partial charge on any atom is 0.257 e. The van der Waals surface area contributed by atoms with E-state index >= 15 is 0 Å². The Kier molecular flexibility index (Phi) is 6.69. The van der Waals surface area contributed by atoms with E-state index in [9.17, 15) is 18.8 Å². The number of hydrogen-bond donors (Lipinski definition) is 0. The van der Waals surface area contributed by atoms with Gasteiger partial charge >= 0.3 is 0 Å². The van der Waals surface area contributed by atoms with Crippen molar-refractivity contribution in [3.63, 3.8) is 0 Å². The highest BCUT2D eigenvalue weighted by molar-refractivity contribution is 6.23. The lowest BCUT2D eigenvalue weighted by Crippen LogP contribution is -2.50. The van der Waals surface area contributed by atoms with Crippen LogP contribution in [0.1, 0.15) is 55.3 Å². The molecule has 39 heavy (non-hydrogen) atoms. The molecule has 1 saturated carbocycles. The van der Waals surface area contributed by atoms with Gasteiger partial charge in [-0.25, -0.2) is 14.3 Å². The quantitative estimate of drug-likeness (QED) is 0.231. The summed E-state index contributed by atoms with van der Waals surface area (Å²) in [5.74, 6) is -1.11. The van der Waals surface area contributed by atoms with Gasteiger partial charge in [0.2, 0.25) is 11.8 Å². The average Bonchev–Trinajstić information content (AvgIpc) is 3.38. The summed E-state index contributed by atoms with van der Waals surface area (Å²) in [5, 5.41) is 0. The first-order valence-electron chi connectivity index (χ1n) is 13.4. The van der Waals surface area contributed by atoms with E-state index in [4.69, 9.17) is 4.42 Å². The van der Waals surface area contributed by atoms with Gasteiger partial charge in [0.15, 0.2) is 5.58 Å². The number of nitrogens with zero attached hydrogens (tertiary/aromatic N) is 3. The van der Waals surface area contributed by atoms with Crippen molar-refractivity contribution in [2.45, 2.75) is 57.0 Å². The topological polar surface area (TPSA) is 83.7 Å². The van der Waals surface area contributed by atoms with E-state index < -0.39 is 17.8 Å². The lowest BCUT2D eigenvalue weighted by atomic mass is 10.0. The molecular formula is C31H28FN3O4. The van der Waals surface area contributed by atoms with Crippen LogP contribution >= 0.6 is 0 Å². The summed E-state index contributed by atoms with van der Waals surface area (Å²) < 4.78 is 19.4. The van der Waals surface area contributed by atoms with E-state index in [2.05, 4.69) is 4.98 Å². The second-order valence-electron chi connectivity index (χ2n) is 10.2. The van der Waals surface area contributed by atoms with Crippen LogP contribution in [0.4, 0.5) is 10.1 Å². The first-order valence-corrected chi connectivity index (χ1v) is 13.4. The molecule has 4 aromatic rings. The van der Waals surface area contributed by atoms with E-state index in [0.717, 1.165) is 49.6 Å². The minimum absolute atomic E-state index is 0.0881. The van der Waals surface area contributed by atoms with Crippen molar-refractivity contribution >= 4 is 34.5 Å². The standard InChI is InChI=1S/C31H28FN3O4/c32-22-15-11-21(12-16-22)30(37)34(23-7-3-1-2-4-8-23)26-19-28(36)35(31(26)38)24-17-13-20(14-18-24)29-33-25-9-5-6-10-27(25)39-29/h5-6,9-18,23,26H,1-4,7-8,19H2. The van der Waals surface area contributed by atoms with Gasteiger partial charge < -0.3 is 9.32 Å². The molecule has 0 N–H and O–H groups in total. The number of rotatable bonds is 5. The summed E-state index contributed by atoms with van der Waals surface area (Å²) in [6.07, 6.45) is 5.50. The molecule has 3 aromatic carbocycles. The molecule has 0 radical (unpaired) electrons. The van der Waals surface area contributed by atoms with Crippen LogP contribution in [-0.4, -0.2) is 39.7 Å². The fraction of sp³-hybridized carbons (Fsp3) is 0.290. The molecule has 1 atom stereocenters. The second kappa shape index (κ2) is 10.4. The number of para-hydroxylation sites is 2. The van der Waals surface area contributed by atoms with E-state index in [-0.39, 0.29) is 24.3 Å². The van der Waals surface area contributed by atoms with Gasteiger partial charge in [0, 0.05) is 17.2 Å². The minimum Gasteiger partial charge on any atom is -0.436 e. The molecule has 1 aromatic heterocycles. The van der Waals surface area contributed by atoms with Crippen LogP contribution in [0.15, 0.2) is 77.2 Å². The normalized spacial score (nSPS) is 18.5. The number of carbonyl (C=O) groups is 3. The molecule has 6 rings (SSSR count). The number of halogens is 1. The number of oxazole rings is 1. The van der Waals surface area contributed by atoms with Crippen LogP contribution in [0, 0.1) is 5.82 Å². The monoisotopic (exact) mass is 525 g/mol. The van der Waals surface area contributed by atoms with Gasteiger partial charge in [-0.2, -0.15) is 0 Å². The largest absolute Gasteiger partial charge is 0.436 e. The zero-order chi connectivity index (χ0) is 26.9. The summed E-state index contributed by atoms with van der Waals surface area (Å²) in [6.45, 7) is 0. The molecular weight excluding hydrogens is 497 g/mol. The predicted octanol–water partition coefficient (Wildman–Crippen LogP) is 6.13. The molecule has 198 valence electrons. The molecule has 1 aliphatic heterocycles. The third kappa shape index (κ3) is 4.82. The van der Waals surface area contributed by atoms with Gasteiger partial charge in [-0.15, -0.1) is 0 Å². The lowest BCUT2D eigenvalue weighted by Gasteiger charge is -2.35. The Morgan fingerprint density at radius 3 is 2.28 bits per heavy atom. The van der Waals surface area contributed by atoms with Crippen molar-refractivity contribution in [3.05, 3.63) is 84.2 Å². The molecule has 2 fully saturated rings.